The molecule has 120 valence electrons. The molecule has 0 saturated heterocycles. The van der Waals surface area contributed by atoms with Gasteiger partial charge in [-0.3, -0.25) is 4.79 Å². The van der Waals surface area contributed by atoms with Gasteiger partial charge in [0.1, 0.15) is 5.75 Å². The Hall–Kier alpha value is -3.47. The first kappa shape index (κ1) is 12.9. The van der Waals surface area contributed by atoms with Crippen molar-refractivity contribution >= 4 is 49.5 Å². The van der Waals surface area contributed by atoms with Crippen LogP contribution in [-0.4, -0.2) is 21.0 Å². The molecule has 0 spiro atoms. The predicted molar refractivity (Wildman–Crippen MR) is 98.0 cm³/mol. The van der Waals surface area contributed by atoms with Gasteiger partial charge in [-0.2, -0.15) is 0 Å². The van der Waals surface area contributed by atoms with Crippen molar-refractivity contribution in [1.29, 1.82) is 0 Å². The van der Waals surface area contributed by atoms with Crippen molar-refractivity contribution in [2.45, 2.75) is 6.54 Å². The third-order valence-electron chi connectivity index (χ3n) is 5.27. The van der Waals surface area contributed by atoms with Crippen LogP contribution in [0.5, 0.6) is 5.75 Å². The van der Waals surface area contributed by atoms with Crippen LogP contribution in [0.25, 0.3) is 43.6 Å². The van der Waals surface area contributed by atoms with Gasteiger partial charge in [-0.1, -0.05) is 30.3 Å². The van der Waals surface area contributed by atoms with Crippen molar-refractivity contribution in [1.82, 2.24) is 15.3 Å². The lowest BCUT2D eigenvalue weighted by Crippen LogP contribution is -2.12. The summed E-state index contributed by atoms with van der Waals surface area (Å²) in [6.45, 7) is 0.503. The molecule has 3 aromatic carbocycles. The average molecular weight is 327 g/mol. The zero-order chi connectivity index (χ0) is 16.7. The minimum atomic E-state index is -0.0406. The van der Waals surface area contributed by atoms with E-state index in [-0.39, 0.29) is 11.7 Å². The maximum atomic E-state index is 12.6. The van der Waals surface area contributed by atoms with Gasteiger partial charge in [0.2, 0.25) is 0 Å². The quantitative estimate of drug-likeness (QED) is 0.348. The number of benzene rings is 3. The van der Waals surface area contributed by atoms with Crippen LogP contribution in [0.15, 0.2) is 42.5 Å². The van der Waals surface area contributed by atoms with Gasteiger partial charge in [-0.05, 0) is 17.7 Å². The number of nitrogens with one attached hydrogen (secondary N) is 3. The summed E-state index contributed by atoms with van der Waals surface area (Å²) < 4.78 is 0. The summed E-state index contributed by atoms with van der Waals surface area (Å²) in [5, 5.41) is 17.1. The maximum absolute atomic E-state index is 12.6. The summed E-state index contributed by atoms with van der Waals surface area (Å²) in [5.74, 6) is 0.171. The third kappa shape index (κ3) is 1.42. The van der Waals surface area contributed by atoms with E-state index >= 15 is 0 Å². The molecule has 5 nitrogen and oxygen atoms in total. The lowest BCUT2D eigenvalue weighted by molar-refractivity contribution is 0.0967. The van der Waals surface area contributed by atoms with Gasteiger partial charge in [0.25, 0.3) is 5.91 Å². The SMILES string of the molecule is O=C1NCc2c1c1c3ccccc3[nH]c1c1[nH]c3c(O)cccc3c21. The number of rotatable bonds is 0. The molecule has 25 heavy (non-hydrogen) atoms. The van der Waals surface area contributed by atoms with Gasteiger partial charge in [-0.15, -0.1) is 0 Å². The molecule has 4 N–H and O–H groups in total. The monoisotopic (exact) mass is 327 g/mol. The van der Waals surface area contributed by atoms with Gasteiger partial charge in [0.15, 0.2) is 0 Å². The summed E-state index contributed by atoms with van der Waals surface area (Å²) in [4.78, 5) is 19.4. The van der Waals surface area contributed by atoms with Crippen molar-refractivity contribution in [3.63, 3.8) is 0 Å². The standard InChI is InChI=1S/C20H13N3O2/c24-13-7-3-5-10-14-11-8-21-20(25)16(11)15-9-4-1-2-6-12(9)22-19(15)18(14)23-17(10)13/h1-7,22-24H,8H2,(H,21,25). The smallest absolute Gasteiger partial charge is 0.252 e. The van der Waals surface area contributed by atoms with E-state index in [1.807, 2.05) is 36.4 Å². The molecule has 1 aliphatic heterocycles. The number of hydrogen-bond donors (Lipinski definition) is 4. The molecule has 0 unspecified atom stereocenters. The van der Waals surface area contributed by atoms with E-state index in [4.69, 9.17) is 0 Å². The fourth-order valence-corrected chi connectivity index (χ4v) is 4.25. The normalized spacial score (nSPS) is 14.0. The molecule has 3 heterocycles. The minimum absolute atomic E-state index is 0.0406. The highest BCUT2D eigenvalue weighted by Gasteiger charge is 2.29. The molecule has 5 aromatic rings. The topological polar surface area (TPSA) is 80.9 Å². The Balaban J connectivity index is 2.01. The van der Waals surface area contributed by atoms with Crippen LogP contribution < -0.4 is 5.32 Å². The molecule has 2 aromatic heterocycles. The number of H-pyrrole nitrogens is 2. The summed E-state index contributed by atoms with van der Waals surface area (Å²) in [7, 11) is 0. The zero-order valence-corrected chi connectivity index (χ0v) is 13.1. The number of phenolic OH excluding ortho intramolecular Hbond substituents is 1. The van der Waals surface area contributed by atoms with Gasteiger partial charge < -0.3 is 20.4 Å². The van der Waals surface area contributed by atoms with Crippen LogP contribution >= 0.6 is 0 Å². The molecule has 0 atom stereocenters. The van der Waals surface area contributed by atoms with E-state index in [1.165, 1.54) is 0 Å². The second kappa shape index (κ2) is 4.13. The number of fused-ring (bicyclic) bond motifs is 10. The van der Waals surface area contributed by atoms with E-state index in [9.17, 15) is 9.90 Å². The molecule has 5 heteroatoms. The molecular weight excluding hydrogens is 314 g/mol. The number of carbonyl (C=O) groups excluding carboxylic acids is 1. The first-order valence-corrected chi connectivity index (χ1v) is 8.21. The number of aromatic nitrogens is 2. The number of phenols is 1. The number of aromatic hydroxyl groups is 1. The van der Waals surface area contributed by atoms with E-state index in [0.717, 1.165) is 49.2 Å². The van der Waals surface area contributed by atoms with Gasteiger partial charge >= 0.3 is 0 Å². The average Bonchev–Trinajstić information content (AvgIpc) is 3.28. The fraction of sp³-hybridized carbons (Fsp3) is 0.0500. The largest absolute Gasteiger partial charge is 0.506 e. The number of amides is 1. The molecule has 1 amide bonds. The minimum Gasteiger partial charge on any atom is -0.506 e. The number of carbonyl (C=O) groups is 1. The van der Waals surface area contributed by atoms with Gasteiger partial charge in [0.05, 0.1) is 22.1 Å². The lowest BCUT2D eigenvalue weighted by Gasteiger charge is -2.03. The highest BCUT2D eigenvalue weighted by atomic mass is 16.3. The van der Waals surface area contributed by atoms with Crippen LogP contribution in [0.3, 0.4) is 0 Å². The first-order valence-electron chi connectivity index (χ1n) is 8.21. The van der Waals surface area contributed by atoms with Gasteiger partial charge in [0, 0.05) is 33.6 Å². The van der Waals surface area contributed by atoms with Crippen LogP contribution in [-0.2, 0) is 6.54 Å². The van der Waals surface area contributed by atoms with Crippen LogP contribution in [0.4, 0.5) is 0 Å². The molecule has 1 aliphatic rings. The van der Waals surface area contributed by atoms with E-state index in [1.54, 1.807) is 6.07 Å². The number of para-hydroxylation sites is 2. The van der Waals surface area contributed by atoms with Crippen molar-refractivity contribution in [3.8, 4) is 5.75 Å². The summed E-state index contributed by atoms with van der Waals surface area (Å²) in [5.41, 5.74) is 5.26. The third-order valence-corrected chi connectivity index (χ3v) is 5.27. The maximum Gasteiger partial charge on any atom is 0.252 e. The molecule has 0 aliphatic carbocycles. The lowest BCUT2D eigenvalue weighted by atomic mass is 9.97. The Morgan fingerprint density at radius 2 is 1.64 bits per heavy atom. The second-order valence-corrected chi connectivity index (χ2v) is 6.53. The second-order valence-electron chi connectivity index (χ2n) is 6.53. The molecular formula is C20H13N3O2. The number of hydrogen-bond acceptors (Lipinski definition) is 2. The molecule has 0 bridgehead atoms. The first-order chi connectivity index (χ1) is 12.2. The Morgan fingerprint density at radius 1 is 0.840 bits per heavy atom. The Kier molecular flexibility index (Phi) is 2.13. The molecule has 0 saturated carbocycles. The summed E-state index contributed by atoms with van der Waals surface area (Å²) in [6.07, 6.45) is 0. The van der Waals surface area contributed by atoms with Crippen molar-refractivity contribution in [3.05, 3.63) is 53.6 Å². The highest BCUT2D eigenvalue weighted by molar-refractivity contribution is 6.30. The van der Waals surface area contributed by atoms with Crippen LogP contribution in [0, 0.1) is 0 Å². The zero-order valence-electron chi connectivity index (χ0n) is 13.1. The molecule has 0 fully saturated rings. The Labute approximate surface area is 141 Å². The van der Waals surface area contributed by atoms with Crippen molar-refractivity contribution < 1.29 is 9.90 Å². The Morgan fingerprint density at radius 3 is 2.56 bits per heavy atom. The van der Waals surface area contributed by atoms with Crippen molar-refractivity contribution in [2.75, 3.05) is 0 Å². The Bertz CT molecular complexity index is 1370. The molecule has 6 rings (SSSR count). The summed E-state index contributed by atoms with van der Waals surface area (Å²) >= 11 is 0. The van der Waals surface area contributed by atoms with Crippen LogP contribution in [0.2, 0.25) is 0 Å². The van der Waals surface area contributed by atoms with Crippen molar-refractivity contribution in [2.24, 2.45) is 0 Å². The number of aromatic amines is 2. The summed E-state index contributed by atoms with van der Waals surface area (Å²) in [6, 6.07) is 13.5. The fourth-order valence-electron chi connectivity index (χ4n) is 4.25. The van der Waals surface area contributed by atoms with Crippen LogP contribution in [0.1, 0.15) is 15.9 Å². The molecule has 0 radical (unpaired) electrons. The van der Waals surface area contributed by atoms with Gasteiger partial charge in [-0.25, -0.2) is 0 Å². The van der Waals surface area contributed by atoms with E-state index in [2.05, 4.69) is 15.3 Å². The highest BCUT2D eigenvalue weighted by Crippen LogP contribution is 2.42. The van der Waals surface area contributed by atoms with E-state index < -0.39 is 0 Å². The predicted octanol–water partition coefficient (Wildman–Crippen LogP) is 3.90. The van der Waals surface area contributed by atoms with E-state index in [0.29, 0.717) is 12.1 Å².